The number of hydrogen-bond donors (Lipinski definition) is 0. The zero-order valence-corrected chi connectivity index (χ0v) is 13.5. The molecule has 19 heavy (non-hydrogen) atoms. The minimum atomic E-state index is 0. The Balaban J connectivity index is 0.00000133. The molecule has 0 aliphatic rings. The fraction of sp³-hybridized carbons (Fsp3) is 0.235. The molecule has 0 bridgehead atoms. The second-order valence-electron chi connectivity index (χ2n) is 4.81. The summed E-state index contributed by atoms with van der Waals surface area (Å²) in [6.07, 6.45) is 3.07. The van der Waals surface area contributed by atoms with E-state index < -0.39 is 0 Å². The molecule has 99 valence electrons. The first-order valence-corrected chi connectivity index (χ1v) is 6.49. The Morgan fingerprint density at radius 3 is 2.84 bits per heavy atom. The van der Waals surface area contributed by atoms with Crippen LogP contribution in [0, 0.1) is 6.07 Å². The third-order valence-corrected chi connectivity index (χ3v) is 3.72. The van der Waals surface area contributed by atoms with E-state index in [0.717, 1.165) is 17.3 Å². The van der Waals surface area contributed by atoms with Gasteiger partial charge >= 0.3 is 0 Å². The van der Waals surface area contributed by atoms with Crippen LogP contribution >= 0.6 is 0 Å². The van der Waals surface area contributed by atoms with Crippen LogP contribution in [0.15, 0.2) is 42.6 Å². The van der Waals surface area contributed by atoms with Gasteiger partial charge in [-0.15, -0.1) is 35.0 Å². The molecule has 2 heteroatoms. The van der Waals surface area contributed by atoms with E-state index in [9.17, 15) is 0 Å². The first-order chi connectivity index (χ1) is 8.81. The Morgan fingerprint density at radius 1 is 1.21 bits per heavy atom. The largest absolute Gasteiger partial charge is 0.304 e. The second-order valence-corrected chi connectivity index (χ2v) is 4.81. The van der Waals surface area contributed by atoms with Crippen molar-refractivity contribution in [1.82, 2.24) is 4.98 Å². The number of fused-ring (bicyclic) bond motifs is 3. The van der Waals surface area contributed by atoms with Crippen LogP contribution in [0.2, 0.25) is 0 Å². The fourth-order valence-electron chi connectivity index (χ4n) is 2.48. The van der Waals surface area contributed by atoms with Gasteiger partial charge < -0.3 is 4.98 Å². The molecule has 0 saturated carbocycles. The number of rotatable bonds is 2. The molecule has 1 radical (unpaired) electrons. The first kappa shape index (κ1) is 14.2. The smallest absolute Gasteiger partial charge is 0.0164 e. The molecule has 3 rings (SSSR count). The average molecular weight is 427 g/mol. The molecule has 1 atom stereocenters. The molecule has 0 spiro atoms. The van der Waals surface area contributed by atoms with Gasteiger partial charge in [0.2, 0.25) is 0 Å². The summed E-state index contributed by atoms with van der Waals surface area (Å²) in [6.45, 7) is 4.50. The molecule has 3 aromatic rings. The minimum Gasteiger partial charge on any atom is -0.304 e. The van der Waals surface area contributed by atoms with E-state index in [-0.39, 0.29) is 20.1 Å². The molecule has 0 aliphatic heterocycles. The van der Waals surface area contributed by atoms with Crippen molar-refractivity contribution >= 4 is 21.7 Å². The van der Waals surface area contributed by atoms with E-state index in [4.69, 9.17) is 0 Å². The predicted octanol–water partition coefficient (Wildman–Crippen LogP) is 4.70. The normalized spacial score (nSPS) is 12.3. The van der Waals surface area contributed by atoms with Crippen molar-refractivity contribution in [2.75, 3.05) is 0 Å². The molecule has 1 heterocycles. The quantitative estimate of drug-likeness (QED) is 0.428. The summed E-state index contributed by atoms with van der Waals surface area (Å²) >= 11 is 0. The standard InChI is InChI=1S/C17H16N.Ir/c1-3-12(2)14-10-11-18-17-15-7-5-4-6-13(15)8-9-16(14)17;/h4-6,8-12H,3H2,1-2H3;/q-1;. The van der Waals surface area contributed by atoms with Crippen molar-refractivity contribution in [1.29, 1.82) is 0 Å². The Kier molecular flexibility index (Phi) is 4.34. The monoisotopic (exact) mass is 427 g/mol. The van der Waals surface area contributed by atoms with Gasteiger partial charge in [-0.2, -0.15) is 0 Å². The van der Waals surface area contributed by atoms with Crippen LogP contribution in [0.25, 0.3) is 21.7 Å². The number of benzene rings is 2. The summed E-state index contributed by atoms with van der Waals surface area (Å²) in [4.78, 5) is 4.56. The van der Waals surface area contributed by atoms with E-state index in [1.165, 1.54) is 16.3 Å². The summed E-state index contributed by atoms with van der Waals surface area (Å²) in [6, 6.07) is 15.9. The number of pyridine rings is 1. The second kappa shape index (κ2) is 5.81. The van der Waals surface area contributed by atoms with Gasteiger partial charge in [0.05, 0.1) is 0 Å². The van der Waals surface area contributed by atoms with Gasteiger partial charge in [-0.1, -0.05) is 26.0 Å². The average Bonchev–Trinajstić information content (AvgIpc) is 2.45. The molecule has 1 unspecified atom stereocenters. The molecule has 1 aromatic heterocycles. The Morgan fingerprint density at radius 2 is 2.05 bits per heavy atom. The molecular formula is C17H16IrN-. The molecule has 1 nitrogen and oxygen atoms in total. The van der Waals surface area contributed by atoms with Crippen LogP contribution in [-0.4, -0.2) is 4.98 Å². The third kappa shape index (κ3) is 2.43. The van der Waals surface area contributed by atoms with E-state index in [1.807, 2.05) is 18.3 Å². The van der Waals surface area contributed by atoms with Gasteiger partial charge in [0.25, 0.3) is 0 Å². The Labute approximate surface area is 127 Å². The summed E-state index contributed by atoms with van der Waals surface area (Å²) < 4.78 is 0. The van der Waals surface area contributed by atoms with E-state index >= 15 is 0 Å². The summed E-state index contributed by atoms with van der Waals surface area (Å²) in [5.41, 5.74) is 2.47. The topological polar surface area (TPSA) is 12.9 Å². The van der Waals surface area contributed by atoms with Crippen LogP contribution < -0.4 is 0 Å². The molecule has 0 saturated heterocycles. The zero-order chi connectivity index (χ0) is 12.5. The van der Waals surface area contributed by atoms with Crippen molar-refractivity contribution < 1.29 is 20.1 Å². The van der Waals surface area contributed by atoms with Crippen molar-refractivity contribution in [3.05, 3.63) is 54.2 Å². The SMILES string of the molecule is CCC(C)c1ccnc2c1ccc1ccc[c-]c12.[Ir]. The number of hydrogen-bond acceptors (Lipinski definition) is 1. The molecular weight excluding hydrogens is 410 g/mol. The maximum atomic E-state index is 4.56. The number of aromatic nitrogens is 1. The third-order valence-electron chi connectivity index (χ3n) is 3.72. The predicted molar refractivity (Wildman–Crippen MR) is 76.8 cm³/mol. The van der Waals surface area contributed by atoms with Gasteiger partial charge in [0, 0.05) is 26.3 Å². The van der Waals surface area contributed by atoms with E-state index in [2.05, 4.69) is 49.2 Å². The summed E-state index contributed by atoms with van der Waals surface area (Å²) in [5.74, 6) is 0.566. The maximum absolute atomic E-state index is 4.56. The van der Waals surface area contributed by atoms with Crippen molar-refractivity contribution in [2.45, 2.75) is 26.2 Å². The number of nitrogens with zero attached hydrogens (tertiary/aromatic N) is 1. The van der Waals surface area contributed by atoms with Crippen LogP contribution in [0.3, 0.4) is 0 Å². The van der Waals surface area contributed by atoms with Crippen LogP contribution in [0.4, 0.5) is 0 Å². The molecule has 0 amide bonds. The zero-order valence-electron chi connectivity index (χ0n) is 11.1. The molecule has 0 fully saturated rings. The van der Waals surface area contributed by atoms with E-state index in [1.54, 1.807) is 0 Å². The van der Waals surface area contributed by atoms with Crippen LogP contribution in [0.5, 0.6) is 0 Å². The summed E-state index contributed by atoms with van der Waals surface area (Å²) in [5, 5.41) is 3.60. The molecule has 2 aromatic carbocycles. The molecule has 0 aliphatic carbocycles. The molecule has 0 N–H and O–H groups in total. The van der Waals surface area contributed by atoms with E-state index in [0.29, 0.717) is 5.92 Å². The van der Waals surface area contributed by atoms with Gasteiger partial charge in [0.15, 0.2) is 0 Å². The fourth-order valence-corrected chi connectivity index (χ4v) is 2.48. The van der Waals surface area contributed by atoms with Gasteiger partial charge in [-0.3, -0.25) is 0 Å². The maximum Gasteiger partial charge on any atom is 0.0164 e. The minimum absolute atomic E-state index is 0. The van der Waals surface area contributed by atoms with Crippen molar-refractivity contribution in [3.63, 3.8) is 0 Å². The van der Waals surface area contributed by atoms with Gasteiger partial charge in [-0.25, -0.2) is 0 Å². The Bertz CT molecular complexity index is 706. The van der Waals surface area contributed by atoms with Crippen molar-refractivity contribution in [3.8, 4) is 0 Å². The first-order valence-electron chi connectivity index (χ1n) is 6.49. The van der Waals surface area contributed by atoms with Crippen LogP contribution in [0.1, 0.15) is 31.7 Å². The van der Waals surface area contributed by atoms with Crippen LogP contribution in [-0.2, 0) is 20.1 Å². The summed E-state index contributed by atoms with van der Waals surface area (Å²) in [7, 11) is 0. The van der Waals surface area contributed by atoms with Gasteiger partial charge in [0.1, 0.15) is 0 Å². The Hall–Kier alpha value is -1.24. The van der Waals surface area contributed by atoms with Crippen molar-refractivity contribution in [2.24, 2.45) is 0 Å². The van der Waals surface area contributed by atoms with Gasteiger partial charge in [-0.05, 0) is 34.9 Å².